The molecular formula is C21H28N6O5. The van der Waals surface area contributed by atoms with Gasteiger partial charge in [0.25, 0.3) is 5.91 Å². The van der Waals surface area contributed by atoms with Crippen LogP contribution in [0.25, 0.3) is 11.2 Å². The lowest BCUT2D eigenvalue weighted by Gasteiger charge is -2.30. The summed E-state index contributed by atoms with van der Waals surface area (Å²) in [6, 6.07) is 0. The molecular weight excluding hydrogens is 416 g/mol. The van der Waals surface area contributed by atoms with Crippen LogP contribution in [0.3, 0.4) is 0 Å². The van der Waals surface area contributed by atoms with Crippen LogP contribution in [-0.4, -0.2) is 71.2 Å². The van der Waals surface area contributed by atoms with E-state index in [1.807, 2.05) is 0 Å². The number of nitrogen functional groups attached to an aromatic ring is 1. The van der Waals surface area contributed by atoms with Crippen LogP contribution >= 0.6 is 0 Å². The summed E-state index contributed by atoms with van der Waals surface area (Å²) in [6.45, 7) is 4.18. The second-order valence-electron chi connectivity index (χ2n) is 8.56. The van der Waals surface area contributed by atoms with Crippen molar-refractivity contribution in [2.45, 2.75) is 69.7 Å². The highest BCUT2D eigenvalue weighted by molar-refractivity contribution is 5.83. The minimum absolute atomic E-state index is 0.0790. The fourth-order valence-electron chi connectivity index (χ4n) is 4.37. The monoisotopic (exact) mass is 444 g/mol. The summed E-state index contributed by atoms with van der Waals surface area (Å²) in [5.74, 6) is 5.74. The highest BCUT2D eigenvalue weighted by Crippen LogP contribution is 2.33. The molecule has 1 aliphatic carbocycles. The fourth-order valence-corrected chi connectivity index (χ4v) is 4.37. The second kappa shape index (κ2) is 8.63. The lowest BCUT2D eigenvalue weighted by atomic mass is 9.79. The first kappa shape index (κ1) is 22.4. The lowest BCUT2D eigenvalue weighted by molar-refractivity contribution is -0.137. The summed E-state index contributed by atoms with van der Waals surface area (Å²) in [4.78, 5) is 24.9. The summed E-state index contributed by atoms with van der Waals surface area (Å²) in [7, 11) is 0. The summed E-state index contributed by atoms with van der Waals surface area (Å²) < 4.78 is 7.04. The number of nitrogens with two attached hydrogens (primary N) is 1. The maximum atomic E-state index is 12.2. The van der Waals surface area contributed by atoms with Crippen LogP contribution in [0.15, 0.2) is 6.33 Å². The molecule has 172 valence electrons. The van der Waals surface area contributed by atoms with Gasteiger partial charge in [0.1, 0.15) is 23.3 Å². The molecule has 1 aliphatic heterocycles. The third kappa shape index (κ3) is 4.14. The molecule has 6 N–H and O–H groups in total. The van der Waals surface area contributed by atoms with Gasteiger partial charge in [0.05, 0.1) is 6.33 Å². The van der Waals surface area contributed by atoms with Gasteiger partial charge in [-0.25, -0.2) is 15.0 Å². The first-order valence-electron chi connectivity index (χ1n) is 10.8. The number of amides is 1. The summed E-state index contributed by atoms with van der Waals surface area (Å²) in [5, 5.41) is 34.1. The number of hydrogen-bond donors (Lipinski definition) is 5. The number of aromatic nitrogens is 4. The Morgan fingerprint density at radius 1 is 1.41 bits per heavy atom. The standard InChI is InChI=1S/C21H28N6O5/c1-3-23-19(30)16-14(28)15(29)20(32-16)27-10-24-13-17(22)25-12(26-18(13)27)6-8-21(31)7-4-5-11(2)9-21/h10-11,14-16,20,28-29,31H,3-5,7,9H2,1-2H3,(H,23,30)(H2,22,25,26)/t11?,14-,15?,16+,20-,21?/m1/s1. The van der Waals surface area contributed by atoms with Crippen LogP contribution in [-0.2, 0) is 9.53 Å². The number of imidazole rings is 1. The van der Waals surface area contributed by atoms with E-state index in [0.717, 1.165) is 12.8 Å². The molecule has 4 rings (SSSR count). The molecule has 0 bridgehead atoms. The van der Waals surface area contributed by atoms with Crippen LogP contribution in [0.4, 0.5) is 5.82 Å². The van der Waals surface area contributed by atoms with Crippen molar-refractivity contribution >= 4 is 22.9 Å². The van der Waals surface area contributed by atoms with E-state index in [-0.39, 0.29) is 22.8 Å². The smallest absolute Gasteiger partial charge is 0.252 e. The number of nitrogens with zero attached hydrogens (tertiary/aromatic N) is 4. The molecule has 1 amide bonds. The van der Waals surface area contributed by atoms with E-state index in [0.29, 0.717) is 25.3 Å². The van der Waals surface area contributed by atoms with Crippen LogP contribution in [0, 0.1) is 17.8 Å². The van der Waals surface area contributed by atoms with E-state index in [9.17, 15) is 20.1 Å². The SMILES string of the molecule is CCNC(=O)[C@H]1O[C@@H](n2cnc3c(N)nc(C#CC4(O)CCCC(C)C4)nc32)C(O)[C@H]1O. The molecule has 0 radical (unpaired) electrons. The molecule has 2 aliphatic rings. The van der Waals surface area contributed by atoms with Crippen molar-refractivity contribution in [3.8, 4) is 11.8 Å². The Kier molecular flexibility index (Phi) is 6.05. The molecule has 0 aromatic carbocycles. The third-order valence-corrected chi connectivity index (χ3v) is 5.95. The van der Waals surface area contributed by atoms with Crippen molar-refractivity contribution in [1.29, 1.82) is 0 Å². The Morgan fingerprint density at radius 3 is 2.91 bits per heavy atom. The highest BCUT2D eigenvalue weighted by atomic mass is 16.6. The van der Waals surface area contributed by atoms with Gasteiger partial charge in [-0.05, 0) is 38.0 Å². The number of likely N-dealkylation sites (N-methyl/N-ethyl adjacent to an activating group) is 1. The fraction of sp³-hybridized carbons (Fsp3) is 0.619. The van der Waals surface area contributed by atoms with Gasteiger partial charge in [-0.1, -0.05) is 19.3 Å². The molecule has 3 unspecified atom stereocenters. The molecule has 2 fully saturated rings. The zero-order valence-electron chi connectivity index (χ0n) is 18.0. The zero-order valence-corrected chi connectivity index (χ0v) is 18.0. The van der Waals surface area contributed by atoms with Gasteiger partial charge in [0.2, 0.25) is 5.82 Å². The maximum absolute atomic E-state index is 12.2. The largest absolute Gasteiger partial charge is 0.387 e. The molecule has 11 nitrogen and oxygen atoms in total. The van der Waals surface area contributed by atoms with E-state index in [1.54, 1.807) is 6.92 Å². The van der Waals surface area contributed by atoms with Gasteiger partial charge in [0.15, 0.2) is 23.8 Å². The van der Waals surface area contributed by atoms with Crippen molar-refractivity contribution in [1.82, 2.24) is 24.8 Å². The molecule has 3 heterocycles. The van der Waals surface area contributed by atoms with Gasteiger partial charge in [0, 0.05) is 6.54 Å². The molecule has 11 heteroatoms. The minimum Gasteiger partial charge on any atom is -0.387 e. The number of carbonyl (C=O) groups is 1. The Bertz CT molecular complexity index is 1080. The van der Waals surface area contributed by atoms with Crippen LogP contribution in [0.2, 0.25) is 0 Å². The van der Waals surface area contributed by atoms with Crippen LogP contribution < -0.4 is 11.1 Å². The second-order valence-corrected chi connectivity index (χ2v) is 8.56. The normalized spacial score (nSPS) is 32.5. The van der Waals surface area contributed by atoms with Crippen LogP contribution in [0.1, 0.15) is 51.6 Å². The number of rotatable bonds is 3. The van der Waals surface area contributed by atoms with Gasteiger partial charge >= 0.3 is 0 Å². The van der Waals surface area contributed by atoms with E-state index in [2.05, 4.69) is 39.0 Å². The topological polar surface area (TPSA) is 169 Å². The van der Waals surface area contributed by atoms with Gasteiger partial charge in [-0.2, -0.15) is 0 Å². The number of fused-ring (bicyclic) bond motifs is 1. The van der Waals surface area contributed by atoms with Crippen molar-refractivity contribution in [3.05, 3.63) is 12.2 Å². The quantitative estimate of drug-likeness (QED) is 0.390. The Morgan fingerprint density at radius 2 is 2.19 bits per heavy atom. The van der Waals surface area contributed by atoms with Crippen LogP contribution in [0.5, 0.6) is 0 Å². The average molecular weight is 444 g/mol. The molecule has 2 aromatic heterocycles. The number of ether oxygens (including phenoxy) is 1. The number of hydrogen-bond acceptors (Lipinski definition) is 9. The molecule has 2 aromatic rings. The first-order chi connectivity index (χ1) is 15.2. The van der Waals surface area contributed by atoms with Crippen molar-refractivity contribution in [3.63, 3.8) is 0 Å². The highest BCUT2D eigenvalue weighted by Gasteiger charge is 2.47. The van der Waals surface area contributed by atoms with E-state index in [1.165, 1.54) is 10.9 Å². The summed E-state index contributed by atoms with van der Waals surface area (Å²) >= 11 is 0. The summed E-state index contributed by atoms with van der Waals surface area (Å²) in [6.07, 6.45) is -0.699. The predicted octanol–water partition coefficient (Wildman–Crippen LogP) is -0.543. The molecule has 32 heavy (non-hydrogen) atoms. The van der Waals surface area contributed by atoms with Crippen molar-refractivity contribution < 1.29 is 24.9 Å². The number of aliphatic hydroxyl groups is 3. The number of aliphatic hydroxyl groups excluding tert-OH is 2. The van der Waals surface area contributed by atoms with Gasteiger partial charge < -0.3 is 31.1 Å². The molecule has 1 saturated carbocycles. The van der Waals surface area contributed by atoms with Gasteiger partial charge in [-0.3, -0.25) is 9.36 Å². The summed E-state index contributed by atoms with van der Waals surface area (Å²) in [5.41, 5.74) is 5.44. The number of nitrogens with one attached hydrogen (secondary N) is 1. The molecule has 1 saturated heterocycles. The zero-order chi connectivity index (χ0) is 23.0. The van der Waals surface area contributed by atoms with E-state index in [4.69, 9.17) is 10.5 Å². The predicted molar refractivity (Wildman–Crippen MR) is 114 cm³/mol. The van der Waals surface area contributed by atoms with Crippen molar-refractivity contribution in [2.75, 3.05) is 12.3 Å². The Labute approximate surface area is 185 Å². The Balaban J connectivity index is 1.66. The number of anilines is 1. The Hall–Kier alpha value is -2.78. The maximum Gasteiger partial charge on any atom is 0.252 e. The van der Waals surface area contributed by atoms with E-state index >= 15 is 0 Å². The molecule has 0 spiro atoms. The first-order valence-corrected chi connectivity index (χ1v) is 10.8. The molecule has 6 atom stereocenters. The average Bonchev–Trinajstić information content (AvgIpc) is 3.28. The van der Waals surface area contributed by atoms with E-state index < -0.39 is 36.0 Å². The van der Waals surface area contributed by atoms with Gasteiger partial charge in [-0.15, -0.1) is 0 Å². The van der Waals surface area contributed by atoms with Crippen molar-refractivity contribution in [2.24, 2.45) is 5.92 Å². The third-order valence-electron chi connectivity index (χ3n) is 5.95. The minimum atomic E-state index is -1.43. The lowest BCUT2D eigenvalue weighted by Crippen LogP contribution is -2.42. The number of carbonyl (C=O) groups excluding carboxylic acids is 1.